The zero-order valence-corrected chi connectivity index (χ0v) is 53.3. The highest BCUT2D eigenvalue weighted by atomic mass is 32.1. The van der Waals surface area contributed by atoms with Crippen molar-refractivity contribution in [1.82, 2.24) is 61.1 Å². The molecule has 1 aromatic carbocycles. The molecule has 8 aromatic heterocycles. The standard InChI is InChI=1S/C59H55N13O12S6/c1-27(2)32-18-39(73)45-28(3)89-56(70-45)35(19-42(74)60-4)64-50(79)37-24-85-52(66-37)31-14-16-33(54-68-41(26-88-54)72(17-9-12-44(76)77)58(81)34-15-13-30(20-61-34)59(82)83)63-46(31)36-23-86-55(65-36)38-25-87-57(67-38)48(49(78)29-10-7-6-8-11-29)69-43(75)21-62-51(80)47-40(22-84-5)90-53(32)71-47/h6-8,10-11,13-16,20,23-27,32,35,48-49,78H,9,12,17-19,21-22H2,1-5H3,(H,60,74)(H,62,80)(H,64,79)(H,69,75)(H,76,77)(H,82,83)/t32-,35-,48-,49-/m0/s1. The molecule has 464 valence electrons. The lowest BCUT2D eigenvalue weighted by Crippen LogP contribution is -2.40. The summed E-state index contributed by atoms with van der Waals surface area (Å²) in [5.41, 5.74) is 2.15. The number of aromatic nitrogens is 8. The second-order valence-corrected chi connectivity index (χ2v) is 26.4. The fraction of sp³-hybridized carbons (Fsp3) is 0.288. The summed E-state index contributed by atoms with van der Waals surface area (Å²) in [5, 5.41) is 50.7. The number of benzene rings is 1. The Balaban J connectivity index is 1.06. The van der Waals surface area contributed by atoms with Crippen LogP contribution in [-0.4, -0.2) is 130 Å². The number of thiazole rings is 6. The van der Waals surface area contributed by atoms with Gasteiger partial charge in [-0.25, -0.2) is 39.7 Å². The summed E-state index contributed by atoms with van der Waals surface area (Å²) < 4.78 is 5.47. The summed E-state index contributed by atoms with van der Waals surface area (Å²) in [4.78, 5) is 148. The van der Waals surface area contributed by atoms with Crippen LogP contribution in [-0.2, 0) is 25.7 Å². The molecule has 0 spiro atoms. The zero-order valence-electron chi connectivity index (χ0n) is 48.4. The molecular weight excluding hydrogens is 1280 g/mol. The number of fused-ring (bicyclic) bond motifs is 14. The van der Waals surface area contributed by atoms with E-state index in [1.807, 2.05) is 13.8 Å². The average molecular weight is 1330 g/mol. The Bertz CT molecular complexity index is 4180. The van der Waals surface area contributed by atoms with Crippen molar-refractivity contribution in [2.45, 2.75) is 77.2 Å². The number of Topliss-reactive ketones (excluding diaryl/α,β-unsaturated/α-hetero) is 1. The number of pyridine rings is 2. The first-order chi connectivity index (χ1) is 43.3. The third-order valence-corrected chi connectivity index (χ3v) is 19.9. The highest BCUT2D eigenvalue weighted by molar-refractivity contribution is 7.15. The first-order valence-corrected chi connectivity index (χ1v) is 32.8. The molecule has 9 aromatic rings. The number of aliphatic carboxylic acids is 1. The van der Waals surface area contributed by atoms with Gasteiger partial charge in [0.2, 0.25) is 11.8 Å². The fourth-order valence-electron chi connectivity index (χ4n) is 9.45. The molecule has 10 bridgehead atoms. The molecule has 4 atom stereocenters. The summed E-state index contributed by atoms with van der Waals surface area (Å²) in [6.45, 7) is 4.99. The van der Waals surface area contributed by atoms with Crippen molar-refractivity contribution >= 4 is 121 Å². The Morgan fingerprint density at radius 1 is 0.744 bits per heavy atom. The van der Waals surface area contributed by atoms with Crippen molar-refractivity contribution < 1.29 is 58.4 Å². The number of hydrogen-bond acceptors (Lipinski definition) is 24. The van der Waals surface area contributed by atoms with Crippen LogP contribution in [0.15, 0.2) is 82.3 Å². The number of nitrogens with zero attached hydrogens (tertiary/aromatic N) is 9. The number of nitrogens with one attached hydrogen (secondary N) is 4. The summed E-state index contributed by atoms with van der Waals surface area (Å²) in [6.07, 6.45) is -0.770. The highest BCUT2D eigenvalue weighted by Crippen LogP contribution is 2.41. The SMILES string of the molecule is CNC(=O)C[C@@H]1NC(=O)c2csc(n2)-c2ccc(-c3nc(N(CCCC(=O)O)C(=O)c4ccc(C(=O)O)cn4)cs3)nc2-c2csc(n2)-c2csc(n2)[C@H]([C@@H](O)c2ccccc2)NC(=O)CNC(=O)c2nc(sc2COC)[C@H](C(C)C)CC(=O)c2nc1sc2C. The van der Waals surface area contributed by atoms with Crippen molar-refractivity contribution in [2.75, 3.05) is 32.1 Å². The minimum absolute atomic E-state index is 0.00978. The minimum Gasteiger partial charge on any atom is -0.481 e. The normalized spacial score (nSPS) is 16.0. The summed E-state index contributed by atoms with van der Waals surface area (Å²) in [7, 11) is 2.93. The van der Waals surface area contributed by atoms with Crippen LogP contribution in [0.3, 0.4) is 0 Å². The molecule has 31 heteroatoms. The third kappa shape index (κ3) is 14.6. The number of ketones is 1. The van der Waals surface area contributed by atoms with Gasteiger partial charge < -0.3 is 41.3 Å². The Morgan fingerprint density at radius 3 is 2.19 bits per heavy atom. The van der Waals surface area contributed by atoms with Gasteiger partial charge in [-0.3, -0.25) is 43.4 Å². The molecule has 90 heavy (non-hydrogen) atoms. The van der Waals surface area contributed by atoms with Crippen molar-refractivity contribution in [3.8, 4) is 43.4 Å². The van der Waals surface area contributed by atoms with E-state index in [4.69, 9.17) is 39.6 Å². The number of amides is 5. The smallest absolute Gasteiger partial charge is 0.337 e. The van der Waals surface area contributed by atoms with E-state index in [9.17, 15) is 53.7 Å². The van der Waals surface area contributed by atoms with Crippen molar-refractivity contribution in [1.29, 1.82) is 0 Å². The molecular formula is C59H55N13O12S6. The van der Waals surface area contributed by atoms with E-state index in [0.717, 1.165) is 51.5 Å². The number of aromatic carboxylic acids is 1. The monoisotopic (exact) mass is 1330 g/mol. The van der Waals surface area contributed by atoms with Gasteiger partial charge in [0.25, 0.3) is 17.7 Å². The number of carbonyl (C=O) groups excluding carboxylic acids is 6. The Labute approximate surface area is 536 Å². The number of aliphatic hydroxyl groups is 1. The second-order valence-electron chi connectivity index (χ2n) is 20.6. The van der Waals surface area contributed by atoms with Gasteiger partial charge in [-0.05, 0) is 49.1 Å². The first kappa shape index (κ1) is 64.2. The topological polar surface area (TPSA) is 361 Å². The quantitative estimate of drug-likeness (QED) is 0.0504. The number of carboxylic acid groups (broad SMARTS) is 2. The van der Waals surface area contributed by atoms with Crippen molar-refractivity contribution in [3.05, 3.63) is 141 Å². The number of ether oxygens (including phenoxy) is 1. The van der Waals surface area contributed by atoms with Gasteiger partial charge in [-0.15, -0.1) is 68.0 Å². The molecule has 10 rings (SSSR count). The van der Waals surface area contributed by atoms with E-state index in [1.54, 1.807) is 70.9 Å². The maximum absolute atomic E-state index is 14.4. The number of anilines is 1. The molecule has 7 N–H and O–H groups in total. The molecule has 1 aliphatic heterocycles. The van der Waals surface area contributed by atoms with Crippen LogP contribution in [0.2, 0.25) is 0 Å². The van der Waals surface area contributed by atoms with Crippen LogP contribution in [0.1, 0.15) is 146 Å². The van der Waals surface area contributed by atoms with Crippen LogP contribution >= 0.6 is 68.0 Å². The number of carbonyl (C=O) groups is 8. The third-order valence-electron chi connectivity index (χ3n) is 14.1. The molecule has 1 aliphatic rings. The Hall–Kier alpha value is -8.82. The largest absolute Gasteiger partial charge is 0.481 e. The molecule has 25 nitrogen and oxygen atoms in total. The number of methoxy groups -OCH3 is 1. The highest BCUT2D eigenvalue weighted by Gasteiger charge is 2.34. The van der Waals surface area contributed by atoms with Gasteiger partial charge in [0.1, 0.15) is 82.9 Å². The van der Waals surface area contributed by atoms with E-state index in [1.165, 1.54) is 53.9 Å². The van der Waals surface area contributed by atoms with Gasteiger partial charge >= 0.3 is 11.9 Å². The van der Waals surface area contributed by atoms with Gasteiger partial charge in [0, 0.05) is 77.6 Å². The van der Waals surface area contributed by atoms with E-state index >= 15 is 0 Å². The number of aryl methyl sites for hydroxylation is 1. The zero-order chi connectivity index (χ0) is 63.9. The molecule has 0 saturated carbocycles. The molecule has 0 saturated heterocycles. The molecule has 5 amide bonds. The van der Waals surface area contributed by atoms with E-state index < -0.39 is 72.1 Å². The summed E-state index contributed by atoms with van der Waals surface area (Å²) in [5.74, 6) is -6.19. The molecule has 0 radical (unpaired) electrons. The fourth-order valence-corrected chi connectivity index (χ4v) is 15.1. The number of hydrogen-bond donors (Lipinski definition) is 7. The van der Waals surface area contributed by atoms with Crippen molar-refractivity contribution in [2.24, 2.45) is 5.92 Å². The minimum atomic E-state index is -1.31. The van der Waals surface area contributed by atoms with E-state index in [2.05, 4.69) is 26.3 Å². The lowest BCUT2D eigenvalue weighted by atomic mass is 9.90. The maximum Gasteiger partial charge on any atom is 0.337 e. The van der Waals surface area contributed by atoms with Crippen LogP contribution in [0.5, 0.6) is 0 Å². The number of carboxylic acids is 2. The predicted octanol–water partition coefficient (Wildman–Crippen LogP) is 8.80. The first-order valence-electron chi connectivity index (χ1n) is 27.7. The maximum atomic E-state index is 14.4. The molecule has 0 fully saturated rings. The predicted molar refractivity (Wildman–Crippen MR) is 338 cm³/mol. The summed E-state index contributed by atoms with van der Waals surface area (Å²) >= 11 is 7.02. The Morgan fingerprint density at radius 2 is 1.47 bits per heavy atom. The Kier molecular flexibility index (Phi) is 20.2. The van der Waals surface area contributed by atoms with E-state index in [-0.39, 0.29) is 90.4 Å². The van der Waals surface area contributed by atoms with Gasteiger partial charge in [-0.2, -0.15) is 0 Å². The van der Waals surface area contributed by atoms with Crippen LogP contribution < -0.4 is 26.2 Å². The second kappa shape index (κ2) is 28.3. The van der Waals surface area contributed by atoms with Crippen molar-refractivity contribution in [3.63, 3.8) is 0 Å². The number of rotatable bonds is 15. The summed E-state index contributed by atoms with van der Waals surface area (Å²) in [6, 6.07) is 12.5. The van der Waals surface area contributed by atoms with Gasteiger partial charge in [0.05, 0.1) is 46.8 Å². The van der Waals surface area contributed by atoms with Gasteiger partial charge in [0.15, 0.2) is 5.78 Å². The molecule has 9 heterocycles. The molecule has 0 unspecified atom stereocenters. The number of aliphatic hydroxyl groups excluding tert-OH is 1. The molecule has 0 aliphatic carbocycles. The lowest BCUT2D eigenvalue weighted by molar-refractivity contribution is -0.137. The van der Waals surface area contributed by atoms with Crippen LogP contribution in [0.25, 0.3) is 43.4 Å². The average Bonchev–Trinajstić information content (AvgIpc) is 1.76. The lowest BCUT2D eigenvalue weighted by Gasteiger charge is -2.23. The van der Waals surface area contributed by atoms with E-state index in [0.29, 0.717) is 68.0 Å². The van der Waals surface area contributed by atoms with Crippen LogP contribution in [0.4, 0.5) is 5.82 Å². The van der Waals surface area contributed by atoms with Gasteiger partial charge in [-0.1, -0.05) is 44.2 Å². The van der Waals surface area contributed by atoms with Crippen LogP contribution in [0, 0.1) is 12.8 Å².